The Balaban J connectivity index is 3.25. The predicted octanol–water partition coefficient (Wildman–Crippen LogP) is -1.95. The highest BCUT2D eigenvalue weighted by Gasteiger charge is 2.05. The molecule has 0 unspecified atom stereocenters. The number of carbonyl (C=O) groups is 2. The molecule has 8 heteroatoms. The van der Waals surface area contributed by atoms with Gasteiger partial charge in [-0.2, -0.15) is 0 Å². The smallest absolute Gasteiger partial charge is 0.456 e. The van der Waals surface area contributed by atoms with Gasteiger partial charge < -0.3 is 19.3 Å². The second-order valence-electron chi connectivity index (χ2n) is 1.87. The second kappa shape index (κ2) is 7.53. The van der Waals surface area contributed by atoms with E-state index in [4.69, 9.17) is 5.11 Å². The summed E-state index contributed by atoms with van der Waals surface area (Å²) in [6.45, 7) is -0.996. The van der Waals surface area contributed by atoms with Gasteiger partial charge in [-0.3, -0.25) is 0 Å². The maximum Gasteiger partial charge on any atom is 0.456 e. The molecule has 2 N–H and O–H groups in total. The van der Waals surface area contributed by atoms with E-state index in [1.807, 2.05) is 0 Å². The van der Waals surface area contributed by atoms with Gasteiger partial charge in [-0.15, -0.1) is 0 Å². The number of rotatable bonds is 7. The lowest BCUT2D eigenvalue weighted by atomic mass is 10.4. The first-order valence-electron chi connectivity index (χ1n) is 3.40. The van der Waals surface area contributed by atoms with Gasteiger partial charge in [0.2, 0.25) is 0 Å². The Morgan fingerprint density at radius 3 is 2.69 bits per heavy atom. The standard InChI is InChI=1S/C5H10BNO6/c1-7-13-6-12-3-5(10)11-2-4(8)9/h6-7H,2-3H2,1H3,(H,8,9). The van der Waals surface area contributed by atoms with Crippen LogP contribution in [0.15, 0.2) is 0 Å². The van der Waals surface area contributed by atoms with E-state index in [-0.39, 0.29) is 14.3 Å². The summed E-state index contributed by atoms with van der Waals surface area (Å²) in [4.78, 5) is 20.6. The van der Waals surface area contributed by atoms with Crippen molar-refractivity contribution in [3.8, 4) is 0 Å². The molecular weight excluding hydrogens is 181 g/mol. The van der Waals surface area contributed by atoms with Gasteiger partial charge >= 0.3 is 19.6 Å². The summed E-state index contributed by atoms with van der Waals surface area (Å²) >= 11 is 0. The molecule has 0 aromatic heterocycles. The molecule has 0 spiro atoms. The van der Waals surface area contributed by atoms with Crippen LogP contribution in [0.2, 0.25) is 0 Å². The highest BCUT2D eigenvalue weighted by Crippen LogP contribution is 1.80. The zero-order valence-electron chi connectivity index (χ0n) is 7.11. The van der Waals surface area contributed by atoms with Crippen LogP contribution in [0.3, 0.4) is 0 Å². The lowest BCUT2D eigenvalue weighted by molar-refractivity contribution is -0.156. The summed E-state index contributed by atoms with van der Waals surface area (Å²) in [7, 11) is 1.42. The van der Waals surface area contributed by atoms with Gasteiger partial charge in [0.1, 0.15) is 6.61 Å². The Kier molecular flexibility index (Phi) is 6.88. The summed E-state index contributed by atoms with van der Waals surface area (Å²) in [5.74, 6) is -1.96. The van der Waals surface area contributed by atoms with Gasteiger partial charge in [0.15, 0.2) is 6.61 Å². The summed E-state index contributed by atoms with van der Waals surface area (Å²) in [6, 6.07) is 0. The lowest BCUT2D eigenvalue weighted by Gasteiger charge is -2.02. The van der Waals surface area contributed by atoms with Crippen LogP contribution in [0.4, 0.5) is 0 Å². The first-order chi connectivity index (χ1) is 6.16. The van der Waals surface area contributed by atoms with E-state index in [0.29, 0.717) is 0 Å². The number of esters is 1. The van der Waals surface area contributed by atoms with Crippen LogP contribution in [-0.2, 0) is 23.7 Å². The summed E-state index contributed by atoms with van der Waals surface area (Å²) in [6.07, 6.45) is 0. The number of carboxylic acids is 1. The number of ether oxygens (including phenoxy) is 1. The number of hydroxylamine groups is 1. The Bertz CT molecular complexity index is 174. The SMILES string of the molecule is CNOBOCC(=O)OCC(=O)O. The third kappa shape index (κ3) is 8.79. The topological polar surface area (TPSA) is 94.1 Å². The van der Waals surface area contributed by atoms with Gasteiger partial charge in [0, 0.05) is 7.05 Å². The average Bonchev–Trinajstić information content (AvgIpc) is 2.09. The van der Waals surface area contributed by atoms with Crippen molar-refractivity contribution in [1.29, 1.82) is 0 Å². The normalized spacial score (nSPS) is 9.31. The largest absolute Gasteiger partial charge is 0.479 e. The maximum absolute atomic E-state index is 10.6. The molecule has 0 aliphatic rings. The van der Waals surface area contributed by atoms with E-state index in [0.717, 1.165) is 0 Å². The molecule has 0 aromatic carbocycles. The fourth-order valence-electron chi connectivity index (χ4n) is 0.409. The van der Waals surface area contributed by atoms with Crippen molar-refractivity contribution in [3.05, 3.63) is 0 Å². The van der Waals surface area contributed by atoms with Crippen molar-refractivity contribution in [1.82, 2.24) is 5.48 Å². The highest BCUT2D eigenvalue weighted by atomic mass is 16.7. The number of nitrogens with one attached hydrogen (secondary N) is 1. The van der Waals surface area contributed by atoms with Crippen LogP contribution in [0.5, 0.6) is 0 Å². The zero-order chi connectivity index (χ0) is 10.1. The number of carboxylic acid groups (broad SMARTS) is 1. The second-order valence-corrected chi connectivity index (χ2v) is 1.87. The van der Waals surface area contributed by atoms with Crippen LogP contribution in [0.1, 0.15) is 0 Å². The van der Waals surface area contributed by atoms with Crippen LogP contribution in [0, 0.1) is 0 Å². The zero-order valence-corrected chi connectivity index (χ0v) is 7.11. The van der Waals surface area contributed by atoms with Crippen LogP contribution < -0.4 is 5.48 Å². The first-order valence-corrected chi connectivity index (χ1v) is 3.40. The maximum atomic E-state index is 10.6. The van der Waals surface area contributed by atoms with E-state index in [1.165, 1.54) is 7.05 Å². The molecule has 0 fully saturated rings. The molecule has 0 atom stereocenters. The molecule has 0 rings (SSSR count). The molecule has 0 amide bonds. The molecule has 0 bridgehead atoms. The third-order valence-electron chi connectivity index (χ3n) is 0.863. The lowest BCUT2D eigenvalue weighted by Crippen LogP contribution is -2.21. The molecule has 13 heavy (non-hydrogen) atoms. The van der Waals surface area contributed by atoms with E-state index in [1.54, 1.807) is 0 Å². The molecule has 0 aliphatic heterocycles. The quantitative estimate of drug-likeness (QED) is 0.209. The van der Waals surface area contributed by atoms with E-state index >= 15 is 0 Å². The molecule has 74 valence electrons. The minimum atomic E-state index is -1.21. The van der Waals surface area contributed by atoms with Crippen molar-refractivity contribution in [2.75, 3.05) is 20.3 Å². The summed E-state index contributed by atoms with van der Waals surface area (Å²) in [5.41, 5.74) is 2.32. The van der Waals surface area contributed by atoms with Crippen molar-refractivity contribution in [2.45, 2.75) is 0 Å². The monoisotopic (exact) mass is 191 g/mol. The minimum Gasteiger partial charge on any atom is -0.479 e. The van der Waals surface area contributed by atoms with Crippen LogP contribution >= 0.6 is 0 Å². The predicted molar refractivity (Wildman–Crippen MR) is 41.8 cm³/mol. The number of carbonyl (C=O) groups excluding carboxylic acids is 1. The van der Waals surface area contributed by atoms with E-state index in [9.17, 15) is 9.59 Å². The minimum absolute atomic E-state index is 0.112. The molecule has 0 aromatic rings. The van der Waals surface area contributed by atoms with E-state index < -0.39 is 18.5 Å². The van der Waals surface area contributed by atoms with Crippen LogP contribution in [0.25, 0.3) is 0 Å². The summed E-state index contributed by atoms with van der Waals surface area (Å²) in [5, 5.41) is 8.12. The van der Waals surface area contributed by atoms with E-state index in [2.05, 4.69) is 19.6 Å². The fourth-order valence-corrected chi connectivity index (χ4v) is 0.409. The van der Waals surface area contributed by atoms with Gasteiger partial charge in [-0.1, -0.05) is 0 Å². The number of aliphatic carboxylic acids is 1. The van der Waals surface area contributed by atoms with Gasteiger partial charge in [0.05, 0.1) is 0 Å². The molecule has 0 aliphatic carbocycles. The molecule has 7 nitrogen and oxygen atoms in total. The number of hydrogen-bond acceptors (Lipinski definition) is 6. The Labute approximate surface area is 75.2 Å². The van der Waals surface area contributed by atoms with Gasteiger partial charge in [-0.25, -0.2) is 15.1 Å². The fraction of sp³-hybridized carbons (Fsp3) is 0.600. The van der Waals surface area contributed by atoms with Crippen molar-refractivity contribution in [2.24, 2.45) is 0 Å². The molecular formula is C5H10BNO6. The molecule has 0 radical (unpaired) electrons. The Morgan fingerprint density at radius 1 is 1.46 bits per heavy atom. The molecule has 0 saturated heterocycles. The molecule has 0 heterocycles. The van der Waals surface area contributed by atoms with Crippen molar-refractivity contribution in [3.63, 3.8) is 0 Å². The number of hydrogen-bond donors (Lipinski definition) is 2. The van der Waals surface area contributed by atoms with Crippen molar-refractivity contribution >= 4 is 19.6 Å². The molecule has 0 saturated carbocycles. The highest BCUT2D eigenvalue weighted by molar-refractivity contribution is 6.18. The first kappa shape index (κ1) is 11.9. The van der Waals surface area contributed by atoms with Gasteiger partial charge in [0.25, 0.3) is 0 Å². The summed E-state index contributed by atoms with van der Waals surface area (Å²) < 4.78 is 13.4. The van der Waals surface area contributed by atoms with Crippen molar-refractivity contribution < 1.29 is 28.8 Å². The van der Waals surface area contributed by atoms with Crippen LogP contribution in [-0.4, -0.2) is 45.0 Å². The Hall–Kier alpha value is -1.12. The van der Waals surface area contributed by atoms with Gasteiger partial charge in [-0.05, 0) is 0 Å². The average molecular weight is 191 g/mol. The third-order valence-corrected chi connectivity index (χ3v) is 0.863. The Morgan fingerprint density at radius 2 is 2.15 bits per heavy atom.